The molecule has 1 heterocycles. The second kappa shape index (κ2) is 7.40. The van der Waals surface area contributed by atoms with E-state index in [1.807, 2.05) is 0 Å². The normalized spacial score (nSPS) is 18.9. The highest BCUT2D eigenvalue weighted by Gasteiger charge is 2.50. The molecule has 33 heavy (non-hydrogen) atoms. The van der Waals surface area contributed by atoms with Gasteiger partial charge in [0.2, 0.25) is 0 Å². The van der Waals surface area contributed by atoms with E-state index in [9.17, 15) is 0 Å². The topological polar surface area (TPSA) is 9.23 Å². The van der Waals surface area contributed by atoms with Gasteiger partial charge in [-0.2, -0.15) is 0 Å². The fraction of sp³-hybridized carbons (Fsp3) is 0.333. The van der Waals surface area contributed by atoms with Gasteiger partial charge in [-0.25, -0.2) is 0 Å². The van der Waals surface area contributed by atoms with Gasteiger partial charge in [-0.1, -0.05) is 89.7 Å². The Bertz CT molecular complexity index is 1310. The molecule has 1 atom stereocenters. The third-order valence-electron chi connectivity index (χ3n) is 7.84. The number of benzene rings is 3. The van der Waals surface area contributed by atoms with Crippen LogP contribution in [0.15, 0.2) is 60.2 Å². The van der Waals surface area contributed by atoms with Crippen LogP contribution in [-0.4, -0.2) is 23.0 Å². The van der Waals surface area contributed by atoms with Crippen molar-refractivity contribution in [3.63, 3.8) is 0 Å². The number of hydrogen-bond donors (Lipinski definition) is 0. The van der Waals surface area contributed by atoms with Gasteiger partial charge in [0.25, 0.3) is 0 Å². The SMILES string of the molecule is C[Si](C)(C)OCCCC1=Cc2ccccc2C1c1c2c(cc3c1[Si]3(C)C)-c1ccccc1C2. The first-order valence-electron chi connectivity index (χ1n) is 12.5. The van der Waals surface area contributed by atoms with Crippen LogP contribution in [0.3, 0.4) is 0 Å². The average molecular weight is 467 g/mol. The van der Waals surface area contributed by atoms with Gasteiger partial charge in [0.15, 0.2) is 8.32 Å². The van der Waals surface area contributed by atoms with Crippen molar-refractivity contribution in [2.75, 3.05) is 6.61 Å². The summed E-state index contributed by atoms with van der Waals surface area (Å²) >= 11 is 0. The number of fused-ring (bicyclic) bond motifs is 5. The van der Waals surface area contributed by atoms with E-state index >= 15 is 0 Å². The minimum absolute atomic E-state index is 0.417. The van der Waals surface area contributed by atoms with Gasteiger partial charge in [0, 0.05) is 12.5 Å². The van der Waals surface area contributed by atoms with E-state index in [-0.39, 0.29) is 0 Å². The highest BCUT2D eigenvalue weighted by atomic mass is 28.4. The van der Waals surface area contributed by atoms with Crippen molar-refractivity contribution in [2.45, 2.75) is 57.9 Å². The summed E-state index contributed by atoms with van der Waals surface area (Å²) in [4.78, 5) is 0. The highest BCUT2D eigenvalue weighted by molar-refractivity contribution is 7.16. The first-order chi connectivity index (χ1) is 15.8. The zero-order valence-electron chi connectivity index (χ0n) is 20.6. The van der Waals surface area contributed by atoms with Crippen molar-refractivity contribution in [2.24, 2.45) is 0 Å². The molecule has 0 fully saturated rings. The lowest BCUT2D eigenvalue weighted by Gasteiger charge is -2.23. The molecule has 0 amide bonds. The van der Waals surface area contributed by atoms with Crippen LogP contribution in [0.5, 0.6) is 0 Å². The molecule has 0 bridgehead atoms. The third kappa shape index (κ3) is 3.44. The van der Waals surface area contributed by atoms with Crippen LogP contribution in [0.4, 0.5) is 0 Å². The lowest BCUT2D eigenvalue weighted by atomic mass is 9.83. The molecule has 3 aromatic rings. The molecule has 1 aliphatic heterocycles. The van der Waals surface area contributed by atoms with E-state index in [0.717, 1.165) is 25.9 Å². The quantitative estimate of drug-likeness (QED) is 0.231. The summed E-state index contributed by atoms with van der Waals surface area (Å²) in [7, 11) is -2.90. The Kier molecular flexibility index (Phi) is 4.78. The van der Waals surface area contributed by atoms with Gasteiger partial charge < -0.3 is 4.43 Å². The molecule has 1 nitrogen and oxygen atoms in total. The van der Waals surface area contributed by atoms with Crippen LogP contribution in [-0.2, 0) is 10.8 Å². The Morgan fingerprint density at radius 1 is 0.970 bits per heavy atom. The molecule has 1 unspecified atom stereocenters. The van der Waals surface area contributed by atoms with Crippen LogP contribution >= 0.6 is 0 Å². The summed E-state index contributed by atoms with van der Waals surface area (Å²) in [5.74, 6) is 0.417. The van der Waals surface area contributed by atoms with Crippen LogP contribution in [0.1, 0.15) is 46.6 Å². The van der Waals surface area contributed by atoms with Crippen molar-refractivity contribution in [3.05, 3.63) is 88.0 Å². The number of allylic oxidation sites excluding steroid dienone is 1. The van der Waals surface area contributed by atoms with Crippen molar-refractivity contribution in [3.8, 4) is 11.1 Å². The van der Waals surface area contributed by atoms with Gasteiger partial charge in [-0.15, -0.1) is 0 Å². The summed E-state index contributed by atoms with van der Waals surface area (Å²) in [5, 5.41) is 3.44. The monoisotopic (exact) mass is 466 g/mol. The van der Waals surface area contributed by atoms with E-state index in [1.165, 1.54) is 27.8 Å². The molecule has 2 aliphatic carbocycles. The molecule has 3 aromatic carbocycles. The van der Waals surface area contributed by atoms with Gasteiger partial charge in [-0.3, -0.25) is 0 Å². The maximum atomic E-state index is 6.21. The molecule has 6 rings (SSSR count). The maximum absolute atomic E-state index is 6.21. The fourth-order valence-corrected chi connectivity index (χ4v) is 10.4. The maximum Gasteiger partial charge on any atom is 0.183 e. The minimum Gasteiger partial charge on any atom is -0.418 e. The van der Waals surface area contributed by atoms with Crippen LogP contribution in [0.2, 0.25) is 32.7 Å². The van der Waals surface area contributed by atoms with E-state index in [1.54, 1.807) is 27.1 Å². The standard InChI is InChI=1S/C30H34OSi2/c1-32(2,3)31-16-10-13-22-17-20-11-7-9-15-24(20)28(22)29-26-18-21-12-6-8-14-23(21)25(26)19-27-30(29)33(27,4)5/h6-9,11-12,14-15,17,19,28H,10,13,16,18H2,1-5H3. The van der Waals surface area contributed by atoms with E-state index in [4.69, 9.17) is 4.43 Å². The van der Waals surface area contributed by atoms with Crippen LogP contribution in [0, 0.1) is 0 Å². The molecule has 0 saturated heterocycles. The highest BCUT2D eigenvalue weighted by Crippen LogP contribution is 2.49. The number of rotatable bonds is 6. The third-order valence-corrected chi connectivity index (χ3v) is 12.2. The Morgan fingerprint density at radius 3 is 2.55 bits per heavy atom. The molecule has 0 radical (unpaired) electrons. The first-order valence-corrected chi connectivity index (χ1v) is 18.9. The summed E-state index contributed by atoms with van der Waals surface area (Å²) in [6.07, 6.45) is 5.82. The van der Waals surface area contributed by atoms with Gasteiger partial charge in [0.05, 0.1) is 0 Å². The largest absolute Gasteiger partial charge is 0.418 e. The van der Waals surface area contributed by atoms with Crippen molar-refractivity contribution < 1.29 is 4.43 Å². The van der Waals surface area contributed by atoms with Crippen molar-refractivity contribution in [1.29, 1.82) is 0 Å². The molecular formula is C30H34OSi2. The number of hydrogen-bond acceptors (Lipinski definition) is 1. The average Bonchev–Trinajstić information content (AvgIpc) is 3.07. The molecule has 3 heteroatoms. The summed E-state index contributed by atoms with van der Waals surface area (Å²) in [6.45, 7) is 12.8. The molecular weight excluding hydrogens is 433 g/mol. The predicted molar refractivity (Wildman–Crippen MR) is 146 cm³/mol. The zero-order chi connectivity index (χ0) is 23.0. The van der Waals surface area contributed by atoms with Crippen molar-refractivity contribution in [1.82, 2.24) is 0 Å². The Balaban J connectivity index is 1.44. The van der Waals surface area contributed by atoms with Gasteiger partial charge in [-0.05, 0) is 77.8 Å². The lowest BCUT2D eigenvalue weighted by Crippen LogP contribution is -2.25. The summed E-state index contributed by atoms with van der Waals surface area (Å²) in [5.41, 5.74) is 12.3. The molecule has 0 saturated carbocycles. The zero-order valence-corrected chi connectivity index (χ0v) is 22.6. The van der Waals surface area contributed by atoms with Crippen LogP contribution in [0.25, 0.3) is 17.2 Å². The Morgan fingerprint density at radius 2 is 1.73 bits per heavy atom. The van der Waals surface area contributed by atoms with E-state index in [2.05, 4.69) is 93.4 Å². The lowest BCUT2D eigenvalue weighted by molar-refractivity contribution is 0.304. The predicted octanol–water partition coefficient (Wildman–Crippen LogP) is 6.55. The molecule has 168 valence electrons. The van der Waals surface area contributed by atoms with E-state index in [0.29, 0.717) is 5.92 Å². The summed E-state index contributed by atoms with van der Waals surface area (Å²) in [6, 6.07) is 20.8. The second-order valence-electron chi connectivity index (χ2n) is 11.5. The van der Waals surface area contributed by atoms with Crippen molar-refractivity contribution >= 4 is 32.8 Å². The second-order valence-corrected chi connectivity index (χ2v) is 20.3. The Hall–Kier alpha value is -2.21. The Labute approximate surface area is 200 Å². The van der Waals surface area contributed by atoms with Gasteiger partial charge in [0.1, 0.15) is 8.07 Å². The smallest absolute Gasteiger partial charge is 0.183 e. The first kappa shape index (κ1) is 21.3. The fourth-order valence-electron chi connectivity index (χ4n) is 6.24. The molecule has 0 N–H and O–H groups in total. The van der Waals surface area contributed by atoms with Gasteiger partial charge >= 0.3 is 0 Å². The molecule has 3 aliphatic rings. The summed E-state index contributed by atoms with van der Waals surface area (Å²) < 4.78 is 6.21. The van der Waals surface area contributed by atoms with E-state index < -0.39 is 16.4 Å². The molecule has 0 aromatic heterocycles. The van der Waals surface area contributed by atoms with Crippen LogP contribution < -0.4 is 10.4 Å². The minimum atomic E-state index is -1.46. The molecule has 0 spiro atoms.